The van der Waals surface area contributed by atoms with Crippen LogP contribution in [0.15, 0.2) is 22.9 Å². The van der Waals surface area contributed by atoms with E-state index in [1.165, 1.54) is 19.3 Å². The second-order valence-electron chi connectivity index (χ2n) is 5.17. The minimum Gasteiger partial charge on any atom is -0.325 e. The molecule has 1 aromatic heterocycles. The molecule has 1 saturated carbocycles. The van der Waals surface area contributed by atoms with Gasteiger partial charge in [-0.25, -0.2) is 0 Å². The SMILES string of the molecule is CNC1(CC(=O)Nc2ccncc2Br)CCCCC1. The van der Waals surface area contributed by atoms with Gasteiger partial charge in [0.05, 0.1) is 10.2 Å². The number of hydrogen-bond donors (Lipinski definition) is 2. The Morgan fingerprint density at radius 1 is 1.42 bits per heavy atom. The first-order chi connectivity index (χ1) is 9.15. The number of pyridine rings is 1. The Labute approximate surface area is 122 Å². The van der Waals surface area contributed by atoms with Crippen LogP contribution in [0.5, 0.6) is 0 Å². The number of nitrogens with one attached hydrogen (secondary N) is 2. The Hall–Kier alpha value is -0.940. The van der Waals surface area contributed by atoms with E-state index in [0.29, 0.717) is 6.42 Å². The van der Waals surface area contributed by atoms with Gasteiger partial charge in [-0.15, -0.1) is 0 Å². The van der Waals surface area contributed by atoms with Crippen LogP contribution in [0.1, 0.15) is 38.5 Å². The number of carbonyl (C=O) groups is 1. The molecule has 1 amide bonds. The molecule has 104 valence electrons. The molecule has 0 aromatic carbocycles. The largest absolute Gasteiger partial charge is 0.325 e. The molecule has 0 bridgehead atoms. The molecule has 1 fully saturated rings. The quantitative estimate of drug-likeness (QED) is 0.894. The smallest absolute Gasteiger partial charge is 0.226 e. The number of hydrogen-bond acceptors (Lipinski definition) is 3. The molecular weight excluding hydrogens is 306 g/mol. The zero-order chi connectivity index (χ0) is 13.7. The molecule has 2 N–H and O–H groups in total. The van der Waals surface area contributed by atoms with E-state index in [0.717, 1.165) is 23.0 Å². The highest BCUT2D eigenvalue weighted by atomic mass is 79.9. The maximum atomic E-state index is 12.2. The highest BCUT2D eigenvalue weighted by Crippen LogP contribution is 2.31. The fraction of sp³-hybridized carbons (Fsp3) is 0.571. The lowest BCUT2D eigenvalue weighted by Crippen LogP contribution is -2.47. The highest BCUT2D eigenvalue weighted by Gasteiger charge is 2.32. The van der Waals surface area contributed by atoms with Gasteiger partial charge < -0.3 is 10.6 Å². The fourth-order valence-electron chi connectivity index (χ4n) is 2.72. The number of aromatic nitrogens is 1. The molecule has 0 aliphatic heterocycles. The molecule has 0 atom stereocenters. The molecule has 5 heteroatoms. The van der Waals surface area contributed by atoms with E-state index in [2.05, 4.69) is 31.5 Å². The first-order valence-electron chi connectivity index (χ1n) is 6.73. The standard InChI is InChI=1S/C14H20BrN3O/c1-16-14(6-3-2-4-7-14)9-13(19)18-12-5-8-17-10-11(12)15/h5,8,10,16H,2-4,6-7,9H2,1H3,(H,17,18,19). The number of amides is 1. The van der Waals surface area contributed by atoms with Crippen LogP contribution in [0.4, 0.5) is 5.69 Å². The minimum atomic E-state index is -0.0260. The van der Waals surface area contributed by atoms with Gasteiger partial charge in [0.25, 0.3) is 0 Å². The van der Waals surface area contributed by atoms with E-state index >= 15 is 0 Å². The third-order valence-corrected chi connectivity index (χ3v) is 4.52. The van der Waals surface area contributed by atoms with Gasteiger partial charge in [-0.3, -0.25) is 9.78 Å². The van der Waals surface area contributed by atoms with Crippen LogP contribution >= 0.6 is 15.9 Å². The van der Waals surface area contributed by atoms with Crippen LogP contribution in [0.3, 0.4) is 0 Å². The van der Waals surface area contributed by atoms with Crippen molar-refractivity contribution in [3.05, 3.63) is 22.9 Å². The van der Waals surface area contributed by atoms with E-state index in [1.807, 2.05) is 7.05 Å². The average molecular weight is 326 g/mol. The fourth-order valence-corrected chi connectivity index (χ4v) is 3.07. The van der Waals surface area contributed by atoms with Crippen molar-refractivity contribution in [3.63, 3.8) is 0 Å². The molecule has 0 unspecified atom stereocenters. The Morgan fingerprint density at radius 2 is 2.16 bits per heavy atom. The second-order valence-corrected chi connectivity index (χ2v) is 6.03. The topological polar surface area (TPSA) is 54.0 Å². The van der Waals surface area contributed by atoms with Crippen molar-refractivity contribution in [2.75, 3.05) is 12.4 Å². The van der Waals surface area contributed by atoms with Crippen LogP contribution in [0, 0.1) is 0 Å². The van der Waals surface area contributed by atoms with Gasteiger partial charge in [-0.1, -0.05) is 19.3 Å². The number of anilines is 1. The molecule has 0 radical (unpaired) electrons. The Morgan fingerprint density at radius 3 is 2.79 bits per heavy atom. The summed E-state index contributed by atoms with van der Waals surface area (Å²) < 4.78 is 0.811. The first kappa shape index (κ1) is 14.5. The molecule has 4 nitrogen and oxygen atoms in total. The summed E-state index contributed by atoms with van der Waals surface area (Å²) in [6, 6.07) is 1.80. The number of rotatable bonds is 4. The van der Waals surface area contributed by atoms with Crippen molar-refractivity contribution in [2.45, 2.75) is 44.1 Å². The van der Waals surface area contributed by atoms with Crippen molar-refractivity contribution in [2.24, 2.45) is 0 Å². The maximum Gasteiger partial charge on any atom is 0.226 e. The third kappa shape index (κ3) is 3.76. The van der Waals surface area contributed by atoms with E-state index in [4.69, 9.17) is 0 Å². The van der Waals surface area contributed by atoms with Crippen molar-refractivity contribution < 1.29 is 4.79 Å². The van der Waals surface area contributed by atoms with Gasteiger partial charge in [0, 0.05) is 24.4 Å². The van der Waals surface area contributed by atoms with Gasteiger partial charge in [-0.05, 0) is 41.9 Å². The Balaban J connectivity index is 1.98. The summed E-state index contributed by atoms with van der Waals surface area (Å²) in [6.07, 6.45) is 9.72. The number of halogens is 1. The summed E-state index contributed by atoms with van der Waals surface area (Å²) in [6.45, 7) is 0. The summed E-state index contributed by atoms with van der Waals surface area (Å²) in [7, 11) is 1.96. The molecular formula is C14H20BrN3O. The first-order valence-corrected chi connectivity index (χ1v) is 7.53. The van der Waals surface area contributed by atoms with E-state index < -0.39 is 0 Å². The molecule has 1 heterocycles. The summed E-state index contributed by atoms with van der Waals surface area (Å²) in [4.78, 5) is 16.2. The minimum absolute atomic E-state index is 0.0260. The highest BCUT2D eigenvalue weighted by molar-refractivity contribution is 9.10. The van der Waals surface area contributed by atoms with Crippen molar-refractivity contribution in [1.82, 2.24) is 10.3 Å². The van der Waals surface area contributed by atoms with Gasteiger partial charge in [0.2, 0.25) is 5.91 Å². The van der Waals surface area contributed by atoms with Crippen molar-refractivity contribution in [3.8, 4) is 0 Å². The molecule has 1 aliphatic carbocycles. The van der Waals surface area contributed by atoms with Gasteiger partial charge >= 0.3 is 0 Å². The van der Waals surface area contributed by atoms with E-state index in [9.17, 15) is 4.79 Å². The zero-order valence-electron chi connectivity index (χ0n) is 11.2. The normalized spacial score (nSPS) is 18.0. The van der Waals surface area contributed by atoms with Crippen molar-refractivity contribution in [1.29, 1.82) is 0 Å². The summed E-state index contributed by atoms with van der Waals surface area (Å²) >= 11 is 3.39. The Kier molecular flexibility index (Phi) is 4.93. The molecule has 1 aliphatic rings. The molecule has 1 aromatic rings. The molecule has 0 saturated heterocycles. The average Bonchev–Trinajstić information content (AvgIpc) is 2.42. The van der Waals surface area contributed by atoms with Gasteiger partial charge in [0.15, 0.2) is 0 Å². The summed E-state index contributed by atoms with van der Waals surface area (Å²) in [5.41, 5.74) is 0.754. The van der Waals surface area contributed by atoms with Crippen LogP contribution in [-0.4, -0.2) is 23.5 Å². The molecule has 19 heavy (non-hydrogen) atoms. The van der Waals surface area contributed by atoms with Crippen LogP contribution in [0.2, 0.25) is 0 Å². The van der Waals surface area contributed by atoms with E-state index in [1.54, 1.807) is 18.5 Å². The van der Waals surface area contributed by atoms with Crippen LogP contribution < -0.4 is 10.6 Å². The third-order valence-electron chi connectivity index (χ3n) is 3.89. The van der Waals surface area contributed by atoms with E-state index in [-0.39, 0.29) is 11.4 Å². The maximum absolute atomic E-state index is 12.2. The lowest BCUT2D eigenvalue weighted by atomic mass is 9.79. The number of nitrogens with zero attached hydrogens (tertiary/aromatic N) is 1. The summed E-state index contributed by atoms with van der Waals surface area (Å²) in [5.74, 6) is 0.0585. The zero-order valence-corrected chi connectivity index (χ0v) is 12.8. The summed E-state index contributed by atoms with van der Waals surface area (Å²) in [5, 5.41) is 6.31. The number of carbonyl (C=O) groups excluding carboxylic acids is 1. The monoisotopic (exact) mass is 325 g/mol. The van der Waals surface area contributed by atoms with Gasteiger partial charge in [0.1, 0.15) is 0 Å². The lowest BCUT2D eigenvalue weighted by Gasteiger charge is -2.36. The predicted octanol–water partition coefficient (Wildman–Crippen LogP) is 3.10. The second kappa shape index (κ2) is 6.48. The Bertz CT molecular complexity index is 444. The molecule has 0 spiro atoms. The van der Waals surface area contributed by atoms with Crippen LogP contribution in [-0.2, 0) is 4.79 Å². The van der Waals surface area contributed by atoms with Gasteiger partial charge in [-0.2, -0.15) is 0 Å². The van der Waals surface area contributed by atoms with Crippen molar-refractivity contribution >= 4 is 27.5 Å². The lowest BCUT2D eigenvalue weighted by molar-refractivity contribution is -0.117. The molecule has 2 rings (SSSR count). The predicted molar refractivity (Wildman–Crippen MR) is 80.1 cm³/mol. The van der Waals surface area contributed by atoms with Crippen LogP contribution in [0.25, 0.3) is 0 Å².